The molecule has 0 saturated carbocycles. The normalized spacial score (nSPS) is 22.5. The Labute approximate surface area is 150 Å². The van der Waals surface area contributed by atoms with E-state index in [2.05, 4.69) is 4.74 Å². The summed E-state index contributed by atoms with van der Waals surface area (Å²) in [4.78, 5) is 23.3. The van der Waals surface area contributed by atoms with Gasteiger partial charge in [0.1, 0.15) is 12.4 Å². The molecule has 0 aromatic heterocycles. The van der Waals surface area contributed by atoms with Gasteiger partial charge in [0.25, 0.3) is 0 Å². The largest absolute Gasteiger partial charge is 0.459 e. The SMILES string of the molecule is CC1(C)OC(COC(=O)C(C)(F)F)CC(CC(=O)Oc2ccccc2)O1. The first kappa shape index (κ1) is 20.3. The summed E-state index contributed by atoms with van der Waals surface area (Å²) in [6.07, 6.45) is -1.06. The molecule has 6 nitrogen and oxygen atoms in total. The van der Waals surface area contributed by atoms with Gasteiger partial charge in [-0.3, -0.25) is 4.79 Å². The van der Waals surface area contributed by atoms with E-state index in [-0.39, 0.29) is 19.4 Å². The lowest BCUT2D eigenvalue weighted by Gasteiger charge is -2.40. The van der Waals surface area contributed by atoms with Crippen molar-refractivity contribution in [2.24, 2.45) is 0 Å². The van der Waals surface area contributed by atoms with Gasteiger partial charge in [-0.2, -0.15) is 8.78 Å². The number of carbonyl (C=O) groups excluding carboxylic acids is 2. The number of hydrogen-bond acceptors (Lipinski definition) is 6. The number of para-hydroxylation sites is 1. The minimum atomic E-state index is -3.57. The Kier molecular flexibility index (Phi) is 6.30. The van der Waals surface area contributed by atoms with Crippen molar-refractivity contribution < 1.29 is 37.3 Å². The average molecular weight is 372 g/mol. The lowest BCUT2D eigenvalue weighted by atomic mass is 10.1. The van der Waals surface area contributed by atoms with Gasteiger partial charge in [0, 0.05) is 13.3 Å². The van der Waals surface area contributed by atoms with Crippen LogP contribution < -0.4 is 4.74 Å². The summed E-state index contributed by atoms with van der Waals surface area (Å²) in [7, 11) is 0. The van der Waals surface area contributed by atoms with E-state index in [1.165, 1.54) is 0 Å². The summed E-state index contributed by atoms with van der Waals surface area (Å²) in [6.45, 7) is 3.38. The molecule has 1 fully saturated rings. The molecule has 2 atom stereocenters. The van der Waals surface area contributed by atoms with Crippen LogP contribution in [-0.4, -0.2) is 42.5 Å². The number of ether oxygens (including phenoxy) is 4. The van der Waals surface area contributed by atoms with Gasteiger partial charge in [-0.05, 0) is 26.0 Å². The third-order valence-electron chi connectivity index (χ3n) is 3.55. The topological polar surface area (TPSA) is 71.1 Å². The molecule has 0 bridgehead atoms. The Hall–Kier alpha value is -2.06. The highest BCUT2D eigenvalue weighted by atomic mass is 19.3. The van der Waals surface area contributed by atoms with E-state index in [1.54, 1.807) is 44.2 Å². The van der Waals surface area contributed by atoms with Crippen LogP contribution in [0.5, 0.6) is 5.75 Å². The fourth-order valence-corrected chi connectivity index (χ4v) is 2.59. The highest BCUT2D eigenvalue weighted by Gasteiger charge is 2.39. The van der Waals surface area contributed by atoms with Crippen LogP contribution >= 0.6 is 0 Å². The molecule has 0 spiro atoms. The number of benzene rings is 1. The van der Waals surface area contributed by atoms with E-state index in [9.17, 15) is 18.4 Å². The molecule has 0 amide bonds. The number of esters is 2. The smallest absolute Gasteiger partial charge is 0.376 e. The van der Waals surface area contributed by atoms with Crippen LogP contribution in [0.1, 0.15) is 33.6 Å². The van der Waals surface area contributed by atoms with E-state index < -0.39 is 35.9 Å². The second-order valence-corrected chi connectivity index (χ2v) is 6.59. The van der Waals surface area contributed by atoms with Gasteiger partial charge in [0.05, 0.1) is 18.6 Å². The van der Waals surface area contributed by atoms with Crippen LogP contribution in [0.3, 0.4) is 0 Å². The molecule has 8 heteroatoms. The maximum absolute atomic E-state index is 12.9. The first-order valence-electron chi connectivity index (χ1n) is 8.21. The summed E-state index contributed by atoms with van der Waals surface area (Å²) >= 11 is 0. The number of halogens is 2. The average Bonchev–Trinajstić information content (AvgIpc) is 2.51. The van der Waals surface area contributed by atoms with Crippen LogP contribution in [0.2, 0.25) is 0 Å². The molecule has 1 aliphatic rings. The second kappa shape index (κ2) is 8.09. The predicted octanol–water partition coefficient (Wildman–Crippen LogP) is 3.09. The highest BCUT2D eigenvalue weighted by molar-refractivity contribution is 5.76. The van der Waals surface area contributed by atoms with Crippen LogP contribution in [0.4, 0.5) is 8.78 Å². The Morgan fingerprint density at radius 1 is 1.19 bits per heavy atom. The monoisotopic (exact) mass is 372 g/mol. The van der Waals surface area contributed by atoms with E-state index in [0.29, 0.717) is 12.7 Å². The van der Waals surface area contributed by atoms with Crippen molar-refractivity contribution in [3.63, 3.8) is 0 Å². The molecule has 0 radical (unpaired) electrons. The molecule has 0 aliphatic carbocycles. The van der Waals surface area contributed by atoms with Crippen LogP contribution in [-0.2, 0) is 23.8 Å². The van der Waals surface area contributed by atoms with Gasteiger partial charge >= 0.3 is 17.9 Å². The number of rotatable bonds is 6. The van der Waals surface area contributed by atoms with Gasteiger partial charge in [-0.15, -0.1) is 0 Å². The Morgan fingerprint density at radius 2 is 1.81 bits per heavy atom. The van der Waals surface area contributed by atoms with Gasteiger partial charge in [-0.1, -0.05) is 18.2 Å². The second-order valence-electron chi connectivity index (χ2n) is 6.59. The summed E-state index contributed by atoms with van der Waals surface area (Å²) in [5.41, 5.74) is 0. The van der Waals surface area contributed by atoms with Crippen molar-refractivity contribution in [2.45, 2.75) is 57.5 Å². The maximum Gasteiger partial charge on any atom is 0.376 e. The van der Waals surface area contributed by atoms with Crippen LogP contribution in [0, 0.1) is 0 Å². The molecule has 1 saturated heterocycles. The van der Waals surface area contributed by atoms with Crippen molar-refractivity contribution in [3.05, 3.63) is 30.3 Å². The summed E-state index contributed by atoms with van der Waals surface area (Å²) in [6, 6.07) is 8.59. The molecule has 2 rings (SSSR count). The standard InChI is InChI=1S/C18H22F2O6/c1-17(2)25-13(10-15(21)24-12-7-5-4-6-8-12)9-14(26-17)11-23-16(22)18(3,19)20/h4-8,13-14H,9-11H2,1-3H3. The van der Waals surface area contributed by atoms with Crippen molar-refractivity contribution in [2.75, 3.05) is 6.61 Å². The fraction of sp³-hybridized carbons (Fsp3) is 0.556. The predicted molar refractivity (Wildman–Crippen MR) is 86.7 cm³/mol. The van der Waals surface area contributed by atoms with Gasteiger partial charge < -0.3 is 18.9 Å². The zero-order chi connectivity index (χ0) is 19.4. The first-order valence-corrected chi connectivity index (χ1v) is 8.21. The van der Waals surface area contributed by atoms with Gasteiger partial charge in [0.2, 0.25) is 0 Å². The lowest BCUT2D eigenvalue weighted by molar-refractivity contribution is -0.305. The molecule has 26 heavy (non-hydrogen) atoms. The molecule has 1 aromatic rings. The van der Waals surface area contributed by atoms with Crippen molar-refractivity contribution in [1.29, 1.82) is 0 Å². The van der Waals surface area contributed by atoms with Gasteiger partial charge in [0.15, 0.2) is 5.79 Å². The molecular formula is C18H22F2O6. The summed E-state index contributed by atoms with van der Waals surface area (Å²) in [5.74, 6) is -6.32. The minimum absolute atomic E-state index is 0.0456. The summed E-state index contributed by atoms with van der Waals surface area (Å²) in [5, 5.41) is 0. The van der Waals surface area contributed by atoms with Crippen molar-refractivity contribution in [3.8, 4) is 5.75 Å². The third-order valence-corrected chi connectivity index (χ3v) is 3.55. The maximum atomic E-state index is 12.9. The van der Waals surface area contributed by atoms with E-state index in [0.717, 1.165) is 0 Å². The van der Waals surface area contributed by atoms with E-state index in [1.807, 2.05) is 0 Å². The fourth-order valence-electron chi connectivity index (χ4n) is 2.59. The van der Waals surface area contributed by atoms with E-state index >= 15 is 0 Å². The molecule has 1 heterocycles. The quantitative estimate of drug-likeness (QED) is 0.565. The first-order chi connectivity index (χ1) is 12.0. The van der Waals surface area contributed by atoms with Crippen LogP contribution in [0.15, 0.2) is 30.3 Å². The summed E-state index contributed by atoms with van der Waals surface area (Å²) < 4.78 is 46.8. The van der Waals surface area contributed by atoms with Crippen molar-refractivity contribution in [1.82, 2.24) is 0 Å². The van der Waals surface area contributed by atoms with Crippen molar-refractivity contribution >= 4 is 11.9 Å². The Balaban J connectivity index is 1.90. The van der Waals surface area contributed by atoms with Gasteiger partial charge in [-0.25, -0.2) is 4.79 Å². The lowest BCUT2D eigenvalue weighted by Crippen LogP contribution is -2.47. The Bertz CT molecular complexity index is 626. The number of carbonyl (C=O) groups is 2. The van der Waals surface area contributed by atoms with E-state index in [4.69, 9.17) is 14.2 Å². The third kappa shape index (κ3) is 6.34. The zero-order valence-corrected chi connectivity index (χ0v) is 14.9. The number of alkyl halides is 2. The molecule has 1 aromatic carbocycles. The molecule has 1 aliphatic heterocycles. The molecular weight excluding hydrogens is 350 g/mol. The number of hydrogen-bond donors (Lipinski definition) is 0. The zero-order valence-electron chi connectivity index (χ0n) is 14.9. The van der Waals surface area contributed by atoms with Crippen LogP contribution in [0.25, 0.3) is 0 Å². The molecule has 144 valence electrons. The highest BCUT2D eigenvalue weighted by Crippen LogP contribution is 2.29. The molecule has 2 unspecified atom stereocenters. The minimum Gasteiger partial charge on any atom is -0.459 e. The molecule has 0 N–H and O–H groups in total. The Morgan fingerprint density at radius 3 is 2.42 bits per heavy atom.